The minimum absolute atomic E-state index is 0.254. The Morgan fingerprint density at radius 1 is 1.40 bits per heavy atom. The monoisotopic (exact) mass is 292 g/mol. The number of nitrogens with zero attached hydrogens (tertiary/aromatic N) is 1. The van der Waals surface area contributed by atoms with Crippen LogP contribution in [0.2, 0.25) is 0 Å². The quantitative estimate of drug-likeness (QED) is 0.837. The first kappa shape index (κ1) is 15.4. The number of aliphatic hydroxyl groups excluding tert-OH is 1. The highest BCUT2D eigenvalue weighted by Crippen LogP contribution is 2.21. The highest BCUT2D eigenvalue weighted by Gasteiger charge is 2.20. The molecule has 1 aromatic carbocycles. The third-order valence-corrected chi connectivity index (χ3v) is 4.45. The van der Waals surface area contributed by atoms with E-state index in [0.29, 0.717) is 11.0 Å². The molecule has 1 aliphatic rings. The summed E-state index contributed by atoms with van der Waals surface area (Å²) in [5, 5.41) is 9.58. The van der Waals surface area contributed by atoms with Crippen LogP contribution in [-0.4, -0.2) is 34.2 Å². The molecule has 1 fully saturated rings. The summed E-state index contributed by atoms with van der Waals surface area (Å²) in [5.41, 5.74) is 9.11. The van der Waals surface area contributed by atoms with Gasteiger partial charge in [-0.2, -0.15) is 0 Å². The van der Waals surface area contributed by atoms with Gasteiger partial charge in [0.2, 0.25) is 0 Å². The van der Waals surface area contributed by atoms with Gasteiger partial charge in [0.15, 0.2) is 0 Å². The van der Waals surface area contributed by atoms with Crippen molar-refractivity contribution in [3.05, 3.63) is 34.9 Å². The van der Waals surface area contributed by atoms with Gasteiger partial charge in [0.25, 0.3) is 0 Å². The molecule has 0 aliphatic carbocycles. The van der Waals surface area contributed by atoms with Crippen molar-refractivity contribution in [2.45, 2.75) is 45.2 Å². The molecule has 1 unspecified atom stereocenters. The van der Waals surface area contributed by atoms with E-state index < -0.39 is 0 Å². The van der Waals surface area contributed by atoms with Crippen molar-refractivity contribution in [3.63, 3.8) is 0 Å². The van der Waals surface area contributed by atoms with E-state index in [1.165, 1.54) is 30.4 Å². The van der Waals surface area contributed by atoms with E-state index in [1.807, 2.05) is 6.07 Å². The van der Waals surface area contributed by atoms with Gasteiger partial charge in [-0.15, -0.1) is 0 Å². The van der Waals surface area contributed by atoms with Crippen LogP contribution in [0.1, 0.15) is 42.4 Å². The highest BCUT2D eigenvalue weighted by molar-refractivity contribution is 7.80. The lowest BCUT2D eigenvalue weighted by atomic mass is 10.0. The Bertz CT molecular complexity index is 476. The summed E-state index contributed by atoms with van der Waals surface area (Å²) in [6, 6.07) is 6.47. The SMILES string of the molecule is Cc1cc(C(N)=S)ccc1CN1CCCCCC1CO. The molecule has 0 aromatic heterocycles. The lowest BCUT2D eigenvalue weighted by Gasteiger charge is -2.29. The summed E-state index contributed by atoms with van der Waals surface area (Å²) < 4.78 is 0. The fraction of sp³-hybridized carbons (Fsp3) is 0.562. The zero-order valence-corrected chi connectivity index (χ0v) is 13.0. The zero-order chi connectivity index (χ0) is 14.5. The Hall–Kier alpha value is -0.970. The minimum atomic E-state index is 0.254. The summed E-state index contributed by atoms with van der Waals surface area (Å²) in [5.74, 6) is 0. The minimum Gasteiger partial charge on any atom is -0.395 e. The van der Waals surface area contributed by atoms with Crippen LogP contribution < -0.4 is 5.73 Å². The summed E-state index contributed by atoms with van der Waals surface area (Å²) in [4.78, 5) is 2.86. The number of thiocarbonyl (C=S) groups is 1. The molecule has 3 N–H and O–H groups in total. The predicted molar refractivity (Wildman–Crippen MR) is 86.8 cm³/mol. The molecule has 20 heavy (non-hydrogen) atoms. The van der Waals surface area contributed by atoms with Crippen LogP contribution in [0.15, 0.2) is 18.2 Å². The van der Waals surface area contributed by atoms with Crippen LogP contribution in [0.5, 0.6) is 0 Å². The first-order chi connectivity index (χ1) is 9.61. The van der Waals surface area contributed by atoms with E-state index in [1.54, 1.807) is 0 Å². The van der Waals surface area contributed by atoms with E-state index in [2.05, 4.69) is 24.0 Å². The average molecular weight is 292 g/mol. The molecular formula is C16H24N2OS. The van der Waals surface area contributed by atoms with Gasteiger partial charge in [0.1, 0.15) is 4.99 Å². The molecule has 0 amide bonds. The number of hydrogen-bond donors (Lipinski definition) is 2. The number of benzene rings is 1. The summed E-state index contributed by atoms with van der Waals surface area (Å²) >= 11 is 5.02. The number of nitrogens with two attached hydrogens (primary N) is 1. The van der Waals surface area contributed by atoms with Gasteiger partial charge < -0.3 is 10.8 Å². The molecule has 3 nitrogen and oxygen atoms in total. The lowest BCUT2D eigenvalue weighted by molar-refractivity contribution is 0.118. The lowest BCUT2D eigenvalue weighted by Crippen LogP contribution is -2.37. The Morgan fingerprint density at radius 3 is 2.85 bits per heavy atom. The van der Waals surface area contributed by atoms with Crippen molar-refractivity contribution in [1.82, 2.24) is 4.90 Å². The largest absolute Gasteiger partial charge is 0.395 e. The number of aliphatic hydroxyl groups is 1. The maximum absolute atomic E-state index is 9.58. The van der Waals surface area contributed by atoms with Crippen LogP contribution in [0.4, 0.5) is 0 Å². The molecular weight excluding hydrogens is 268 g/mol. The Balaban J connectivity index is 2.13. The van der Waals surface area contributed by atoms with Crippen molar-refractivity contribution in [3.8, 4) is 0 Å². The molecule has 110 valence electrons. The van der Waals surface area contributed by atoms with Crippen molar-refractivity contribution in [2.75, 3.05) is 13.2 Å². The van der Waals surface area contributed by atoms with Crippen molar-refractivity contribution >= 4 is 17.2 Å². The molecule has 1 saturated heterocycles. The Morgan fingerprint density at radius 2 is 2.20 bits per heavy atom. The third-order valence-electron chi connectivity index (χ3n) is 4.21. The van der Waals surface area contributed by atoms with E-state index in [-0.39, 0.29) is 6.61 Å². The van der Waals surface area contributed by atoms with Crippen molar-refractivity contribution in [1.29, 1.82) is 0 Å². The first-order valence-electron chi connectivity index (χ1n) is 7.36. The zero-order valence-electron chi connectivity index (χ0n) is 12.1. The molecule has 1 aromatic rings. The average Bonchev–Trinajstić information content (AvgIpc) is 2.65. The van der Waals surface area contributed by atoms with Crippen LogP contribution >= 0.6 is 12.2 Å². The van der Waals surface area contributed by atoms with Gasteiger partial charge in [0, 0.05) is 18.2 Å². The number of aryl methyl sites for hydroxylation is 1. The van der Waals surface area contributed by atoms with Crippen molar-refractivity contribution in [2.24, 2.45) is 5.73 Å². The number of hydrogen-bond acceptors (Lipinski definition) is 3. The second-order valence-corrected chi connectivity index (χ2v) is 6.10. The van der Waals surface area contributed by atoms with Crippen LogP contribution in [-0.2, 0) is 6.54 Å². The second kappa shape index (κ2) is 7.16. The molecule has 1 heterocycles. The van der Waals surface area contributed by atoms with Crippen LogP contribution in [0.25, 0.3) is 0 Å². The predicted octanol–water partition coefficient (Wildman–Crippen LogP) is 2.37. The summed E-state index contributed by atoms with van der Waals surface area (Å²) in [6.45, 7) is 4.32. The molecule has 2 rings (SSSR count). The fourth-order valence-corrected chi connectivity index (χ4v) is 3.02. The third kappa shape index (κ3) is 3.78. The molecule has 0 radical (unpaired) electrons. The first-order valence-corrected chi connectivity index (χ1v) is 7.77. The summed E-state index contributed by atoms with van der Waals surface area (Å²) in [7, 11) is 0. The van der Waals surface area contributed by atoms with E-state index in [4.69, 9.17) is 18.0 Å². The standard InChI is InChI=1S/C16H24N2OS/c1-12-9-13(16(17)20)6-7-14(12)10-18-8-4-2-3-5-15(18)11-19/h6-7,9,15,19H,2-5,8,10-11H2,1H3,(H2,17,20). The molecule has 0 spiro atoms. The van der Waals surface area contributed by atoms with Crippen LogP contribution in [0.3, 0.4) is 0 Å². The van der Waals surface area contributed by atoms with Gasteiger partial charge >= 0.3 is 0 Å². The van der Waals surface area contributed by atoms with Crippen molar-refractivity contribution < 1.29 is 5.11 Å². The Kier molecular flexibility index (Phi) is 5.52. The van der Waals surface area contributed by atoms with E-state index >= 15 is 0 Å². The van der Waals surface area contributed by atoms with E-state index in [0.717, 1.165) is 25.1 Å². The maximum Gasteiger partial charge on any atom is 0.103 e. The molecule has 1 atom stereocenters. The number of likely N-dealkylation sites (tertiary alicyclic amines) is 1. The number of rotatable bonds is 4. The molecule has 4 heteroatoms. The topological polar surface area (TPSA) is 49.5 Å². The fourth-order valence-electron chi connectivity index (χ4n) is 2.90. The smallest absolute Gasteiger partial charge is 0.103 e. The highest BCUT2D eigenvalue weighted by atomic mass is 32.1. The van der Waals surface area contributed by atoms with Gasteiger partial charge in [0.05, 0.1) is 6.61 Å². The van der Waals surface area contributed by atoms with Gasteiger partial charge in [-0.1, -0.05) is 37.2 Å². The molecule has 0 saturated carbocycles. The molecule has 0 bridgehead atoms. The van der Waals surface area contributed by atoms with Gasteiger partial charge in [-0.25, -0.2) is 0 Å². The van der Waals surface area contributed by atoms with E-state index in [9.17, 15) is 5.11 Å². The Labute approximate surface area is 126 Å². The summed E-state index contributed by atoms with van der Waals surface area (Å²) in [6.07, 6.45) is 4.81. The van der Waals surface area contributed by atoms with Crippen LogP contribution in [0, 0.1) is 6.92 Å². The maximum atomic E-state index is 9.58. The molecule has 1 aliphatic heterocycles. The normalized spacial score (nSPS) is 20.6. The second-order valence-electron chi connectivity index (χ2n) is 5.66. The van der Waals surface area contributed by atoms with Gasteiger partial charge in [-0.3, -0.25) is 4.90 Å². The van der Waals surface area contributed by atoms with Gasteiger partial charge in [-0.05, 0) is 43.5 Å².